The minimum atomic E-state index is -4.38. The number of nitrogens with zero attached hydrogens (tertiary/aromatic N) is 1. The fourth-order valence-electron chi connectivity index (χ4n) is 0.996. The topological polar surface area (TPSA) is 83.0 Å². The third kappa shape index (κ3) is 3.71. The Morgan fingerprint density at radius 3 is 2.62 bits per heavy atom. The number of H-pyrrole nitrogens is 1. The number of carboxylic acids is 1. The summed E-state index contributed by atoms with van der Waals surface area (Å²) in [5, 5.41) is 8.52. The number of carbonyl (C=O) groups is 1. The van der Waals surface area contributed by atoms with Crippen LogP contribution in [0.15, 0.2) is 10.9 Å². The number of aromatic amines is 1. The van der Waals surface area contributed by atoms with Gasteiger partial charge in [-0.05, 0) is 0 Å². The molecular formula is C8H7F3N2O3. The molecule has 88 valence electrons. The molecular weight excluding hydrogens is 229 g/mol. The fraction of sp³-hybridized carbons (Fsp3) is 0.375. The zero-order valence-corrected chi connectivity index (χ0v) is 7.84. The largest absolute Gasteiger partial charge is 0.477 e. The molecule has 8 heteroatoms. The molecule has 0 unspecified atom stereocenters. The number of aromatic carboxylic acids is 1. The lowest BCUT2D eigenvalue weighted by Crippen LogP contribution is -2.17. The third-order valence-corrected chi connectivity index (χ3v) is 1.66. The molecule has 0 aliphatic rings. The quantitative estimate of drug-likeness (QED) is 0.818. The molecule has 0 aromatic carbocycles. The van der Waals surface area contributed by atoms with Gasteiger partial charge in [0.2, 0.25) is 0 Å². The third-order valence-electron chi connectivity index (χ3n) is 1.66. The zero-order valence-electron chi connectivity index (χ0n) is 7.84. The second-order valence-corrected chi connectivity index (χ2v) is 3.00. The average molecular weight is 236 g/mol. The highest BCUT2D eigenvalue weighted by molar-refractivity contribution is 5.85. The Morgan fingerprint density at radius 2 is 2.12 bits per heavy atom. The zero-order chi connectivity index (χ0) is 12.3. The van der Waals surface area contributed by atoms with E-state index >= 15 is 0 Å². The van der Waals surface area contributed by atoms with Crippen LogP contribution in [0.4, 0.5) is 13.2 Å². The summed E-state index contributed by atoms with van der Waals surface area (Å²) in [5.74, 6) is -1.75. The Balaban J connectivity index is 2.89. The first kappa shape index (κ1) is 12.2. The first-order valence-corrected chi connectivity index (χ1v) is 4.18. The van der Waals surface area contributed by atoms with Crippen LogP contribution in [0.5, 0.6) is 0 Å². The van der Waals surface area contributed by atoms with E-state index in [1.807, 2.05) is 4.98 Å². The molecule has 0 saturated heterocycles. The van der Waals surface area contributed by atoms with Gasteiger partial charge in [0, 0.05) is 12.5 Å². The van der Waals surface area contributed by atoms with Crippen molar-refractivity contribution in [1.82, 2.24) is 9.97 Å². The number of alkyl halides is 3. The number of carboxylic acid groups (broad SMARTS) is 1. The minimum Gasteiger partial charge on any atom is -0.477 e. The van der Waals surface area contributed by atoms with E-state index in [4.69, 9.17) is 5.11 Å². The second-order valence-electron chi connectivity index (χ2n) is 3.00. The smallest absolute Gasteiger partial charge is 0.389 e. The molecule has 0 saturated carbocycles. The van der Waals surface area contributed by atoms with Crippen LogP contribution in [0.3, 0.4) is 0 Å². The molecule has 0 bridgehead atoms. The first-order valence-electron chi connectivity index (χ1n) is 4.18. The number of rotatable bonds is 3. The highest BCUT2D eigenvalue weighted by atomic mass is 19.4. The van der Waals surface area contributed by atoms with Crippen molar-refractivity contribution in [3.8, 4) is 0 Å². The van der Waals surface area contributed by atoms with E-state index in [0.717, 1.165) is 0 Å². The predicted molar refractivity (Wildman–Crippen MR) is 46.2 cm³/mol. The van der Waals surface area contributed by atoms with Gasteiger partial charge in [0.05, 0.1) is 6.42 Å². The van der Waals surface area contributed by atoms with Gasteiger partial charge >= 0.3 is 12.1 Å². The van der Waals surface area contributed by atoms with Crippen molar-refractivity contribution in [2.24, 2.45) is 0 Å². The SMILES string of the molecule is O=C(O)c1cc(=O)[nH]c(CCC(F)(F)F)n1. The Bertz CT molecular complexity index is 453. The summed E-state index contributed by atoms with van der Waals surface area (Å²) < 4.78 is 35.6. The van der Waals surface area contributed by atoms with Crippen LogP contribution in [0, 0.1) is 0 Å². The molecule has 0 aliphatic heterocycles. The van der Waals surface area contributed by atoms with Crippen LogP contribution >= 0.6 is 0 Å². The molecule has 0 radical (unpaired) electrons. The molecule has 1 rings (SSSR count). The Hall–Kier alpha value is -1.86. The summed E-state index contributed by atoms with van der Waals surface area (Å²) in [7, 11) is 0. The first-order chi connectivity index (χ1) is 7.28. The van der Waals surface area contributed by atoms with Crippen molar-refractivity contribution in [2.75, 3.05) is 0 Å². The van der Waals surface area contributed by atoms with Gasteiger partial charge in [0.15, 0.2) is 5.69 Å². The molecule has 0 spiro atoms. The van der Waals surface area contributed by atoms with E-state index in [0.29, 0.717) is 6.07 Å². The minimum absolute atomic E-state index is 0.290. The van der Waals surface area contributed by atoms with Crippen molar-refractivity contribution >= 4 is 5.97 Å². The molecule has 5 nitrogen and oxygen atoms in total. The molecule has 0 aliphatic carbocycles. The van der Waals surface area contributed by atoms with E-state index < -0.39 is 36.2 Å². The van der Waals surface area contributed by atoms with Gasteiger partial charge in [-0.1, -0.05) is 0 Å². The van der Waals surface area contributed by atoms with Gasteiger partial charge in [-0.2, -0.15) is 13.2 Å². The molecule has 0 atom stereocenters. The summed E-state index contributed by atoms with van der Waals surface area (Å²) in [5.41, 5.74) is -1.36. The van der Waals surface area contributed by atoms with Crippen molar-refractivity contribution in [3.63, 3.8) is 0 Å². The fourth-order valence-corrected chi connectivity index (χ4v) is 0.996. The maximum Gasteiger partial charge on any atom is 0.389 e. The van der Waals surface area contributed by atoms with Crippen molar-refractivity contribution in [1.29, 1.82) is 0 Å². The standard InChI is InChI=1S/C8H7F3N2O3/c9-8(10,11)2-1-5-12-4(7(15)16)3-6(14)13-5/h3H,1-2H2,(H,15,16)(H,12,13,14). The second kappa shape index (κ2) is 4.33. The number of aryl methyl sites for hydroxylation is 1. The van der Waals surface area contributed by atoms with E-state index in [1.165, 1.54) is 0 Å². The van der Waals surface area contributed by atoms with E-state index in [-0.39, 0.29) is 5.82 Å². The van der Waals surface area contributed by atoms with Gasteiger partial charge in [0.1, 0.15) is 5.82 Å². The lowest BCUT2D eigenvalue weighted by atomic mass is 10.3. The molecule has 0 amide bonds. The molecule has 0 fully saturated rings. The summed E-state index contributed by atoms with van der Waals surface area (Å²) in [6.45, 7) is 0. The van der Waals surface area contributed by atoms with Gasteiger partial charge in [0.25, 0.3) is 5.56 Å². The molecule has 1 heterocycles. The van der Waals surface area contributed by atoms with Gasteiger partial charge in [-0.3, -0.25) is 4.79 Å². The lowest BCUT2D eigenvalue weighted by molar-refractivity contribution is -0.134. The van der Waals surface area contributed by atoms with Crippen molar-refractivity contribution < 1.29 is 23.1 Å². The number of aromatic nitrogens is 2. The summed E-state index contributed by atoms with van der Waals surface area (Å²) in [4.78, 5) is 26.8. The van der Waals surface area contributed by atoms with Crippen LogP contribution in [0.1, 0.15) is 22.7 Å². The maximum absolute atomic E-state index is 11.9. The maximum atomic E-state index is 11.9. The molecule has 1 aromatic heterocycles. The van der Waals surface area contributed by atoms with E-state index in [1.54, 1.807) is 0 Å². The van der Waals surface area contributed by atoms with Crippen LogP contribution in [-0.2, 0) is 6.42 Å². The van der Waals surface area contributed by atoms with Gasteiger partial charge in [-0.15, -0.1) is 0 Å². The van der Waals surface area contributed by atoms with E-state index in [2.05, 4.69) is 4.98 Å². The van der Waals surface area contributed by atoms with E-state index in [9.17, 15) is 22.8 Å². The predicted octanol–water partition coefficient (Wildman–Crippen LogP) is 0.963. The number of nitrogens with one attached hydrogen (secondary N) is 1. The Kier molecular flexibility index (Phi) is 3.31. The molecule has 16 heavy (non-hydrogen) atoms. The average Bonchev–Trinajstić information content (AvgIpc) is 2.13. The highest BCUT2D eigenvalue weighted by Gasteiger charge is 2.27. The number of hydrogen-bond acceptors (Lipinski definition) is 3. The number of halogens is 3. The molecule has 1 aromatic rings. The van der Waals surface area contributed by atoms with Gasteiger partial charge < -0.3 is 10.1 Å². The number of hydrogen-bond donors (Lipinski definition) is 2. The van der Waals surface area contributed by atoms with Crippen molar-refractivity contribution in [2.45, 2.75) is 19.0 Å². The Labute approximate surface area is 86.9 Å². The van der Waals surface area contributed by atoms with Crippen LogP contribution in [0.2, 0.25) is 0 Å². The monoisotopic (exact) mass is 236 g/mol. The van der Waals surface area contributed by atoms with Crippen molar-refractivity contribution in [3.05, 3.63) is 27.9 Å². The summed E-state index contributed by atoms with van der Waals surface area (Å²) in [6.07, 6.45) is -6.10. The lowest BCUT2D eigenvalue weighted by Gasteiger charge is -2.05. The normalized spacial score (nSPS) is 11.4. The van der Waals surface area contributed by atoms with Crippen LogP contribution < -0.4 is 5.56 Å². The Morgan fingerprint density at radius 1 is 1.50 bits per heavy atom. The van der Waals surface area contributed by atoms with Crippen LogP contribution in [0.25, 0.3) is 0 Å². The van der Waals surface area contributed by atoms with Gasteiger partial charge in [-0.25, -0.2) is 9.78 Å². The van der Waals surface area contributed by atoms with Crippen LogP contribution in [-0.4, -0.2) is 27.2 Å². The molecule has 2 N–H and O–H groups in total. The summed E-state index contributed by atoms with van der Waals surface area (Å²) >= 11 is 0. The highest BCUT2D eigenvalue weighted by Crippen LogP contribution is 2.20. The summed E-state index contributed by atoms with van der Waals surface area (Å²) in [6, 6.07) is 0.708.